The van der Waals surface area contributed by atoms with Crippen molar-refractivity contribution in [2.45, 2.75) is 72.4 Å². The van der Waals surface area contributed by atoms with Crippen LogP contribution in [0.4, 0.5) is 0 Å². The van der Waals surface area contributed by atoms with Gasteiger partial charge in [-0.05, 0) is 55.6 Å². The van der Waals surface area contributed by atoms with Crippen LogP contribution in [0.25, 0.3) is 0 Å². The number of rotatable bonds is 20. The molecule has 228 valence electrons. The molecule has 0 radical (unpaired) electrons. The Bertz CT molecular complexity index is 910. The third kappa shape index (κ3) is 12.7. The molecule has 0 bridgehead atoms. The molecule has 1 aromatic rings. The highest BCUT2D eigenvalue weighted by Gasteiger charge is 2.30. The second-order valence-corrected chi connectivity index (χ2v) is 11.4. The maximum atomic E-state index is 13.0. The number of unbranched alkanes of at least 4 members (excludes halogenated alkanes) is 1. The lowest BCUT2D eigenvalue weighted by molar-refractivity contribution is -0.128. The predicted molar refractivity (Wildman–Crippen MR) is 157 cm³/mol. The van der Waals surface area contributed by atoms with E-state index < -0.39 is 29.9 Å². The van der Waals surface area contributed by atoms with Crippen LogP contribution in [0.1, 0.15) is 70.7 Å². The quantitative estimate of drug-likeness (QED) is 0.152. The van der Waals surface area contributed by atoms with Crippen molar-refractivity contribution in [2.75, 3.05) is 33.4 Å². The summed E-state index contributed by atoms with van der Waals surface area (Å²) < 4.78 is 10.9. The molecule has 0 saturated heterocycles. The summed E-state index contributed by atoms with van der Waals surface area (Å²) >= 11 is 0. The summed E-state index contributed by atoms with van der Waals surface area (Å²) in [7, 11) is 1.66. The van der Waals surface area contributed by atoms with E-state index in [2.05, 4.69) is 24.5 Å². The van der Waals surface area contributed by atoms with E-state index in [1.54, 1.807) is 32.2 Å². The zero-order valence-electron chi connectivity index (χ0n) is 25.2. The van der Waals surface area contributed by atoms with Gasteiger partial charge in [-0.25, -0.2) is 0 Å². The number of aliphatic hydroxyl groups is 1. The van der Waals surface area contributed by atoms with E-state index in [9.17, 15) is 19.5 Å². The van der Waals surface area contributed by atoms with Gasteiger partial charge in [-0.15, -0.1) is 0 Å². The summed E-state index contributed by atoms with van der Waals surface area (Å²) in [4.78, 5) is 37.1. The van der Waals surface area contributed by atoms with Gasteiger partial charge in [0.15, 0.2) is 0 Å². The highest BCUT2D eigenvalue weighted by atomic mass is 16.5. The van der Waals surface area contributed by atoms with Crippen molar-refractivity contribution >= 4 is 17.7 Å². The van der Waals surface area contributed by atoms with Crippen LogP contribution in [0.3, 0.4) is 0 Å². The molecule has 3 amide bonds. The Morgan fingerprint density at radius 2 is 1.57 bits per heavy atom. The van der Waals surface area contributed by atoms with Crippen molar-refractivity contribution in [3.8, 4) is 5.75 Å². The highest BCUT2D eigenvalue weighted by Crippen LogP contribution is 2.24. The van der Waals surface area contributed by atoms with E-state index >= 15 is 0 Å². The van der Waals surface area contributed by atoms with Crippen LogP contribution in [-0.2, 0) is 14.3 Å². The van der Waals surface area contributed by atoms with Gasteiger partial charge >= 0.3 is 0 Å². The lowest BCUT2D eigenvalue weighted by atomic mass is 9.83. The van der Waals surface area contributed by atoms with Crippen LogP contribution in [0.2, 0.25) is 0 Å². The summed E-state index contributed by atoms with van der Waals surface area (Å²) in [5, 5.41) is 16.7. The molecule has 0 heterocycles. The molecule has 10 heteroatoms. The van der Waals surface area contributed by atoms with Crippen LogP contribution < -0.4 is 26.8 Å². The smallest absolute Gasteiger partial charge is 0.255 e. The van der Waals surface area contributed by atoms with E-state index in [1.165, 1.54) is 0 Å². The first-order valence-corrected chi connectivity index (χ1v) is 14.4. The van der Waals surface area contributed by atoms with Gasteiger partial charge in [-0.2, -0.15) is 0 Å². The number of hydrogen-bond donors (Lipinski definition) is 5. The summed E-state index contributed by atoms with van der Waals surface area (Å²) in [6, 6.07) is 6.58. The van der Waals surface area contributed by atoms with Crippen molar-refractivity contribution in [1.29, 1.82) is 0 Å². The maximum Gasteiger partial charge on any atom is 0.255 e. The van der Waals surface area contributed by atoms with Gasteiger partial charge in [-0.1, -0.05) is 46.8 Å². The SMILES string of the molecule is COCCCCOc1ccccc1C(=O)NC[C@@H](C[C@H](N)[C@@H](O)C[C@@H](C(=O)NCC(C)C(N)=O)C(C)C)C(C)C. The van der Waals surface area contributed by atoms with Crippen molar-refractivity contribution in [3.63, 3.8) is 0 Å². The number of carbonyl (C=O) groups excluding carboxylic acids is 3. The van der Waals surface area contributed by atoms with Gasteiger partial charge in [0.2, 0.25) is 11.8 Å². The molecule has 10 nitrogen and oxygen atoms in total. The van der Waals surface area contributed by atoms with Gasteiger partial charge in [0.25, 0.3) is 5.91 Å². The molecule has 0 aromatic heterocycles. The summed E-state index contributed by atoms with van der Waals surface area (Å²) in [5.74, 6) is -1.18. The first-order chi connectivity index (χ1) is 18.9. The number of nitrogens with one attached hydrogen (secondary N) is 2. The van der Waals surface area contributed by atoms with Crippen molar-refractivity contribution < 1.29 is 29.0 Å². The third-order valence-corrected chi connectivity index (χ3v) is 7.37. The van der Waals surface area contributed by atoms with Crippen LogP contribution in [0.15, 0.2) is 24.3 Å². The van der Waals surface area contributed by atoms with Crippen LogP contribution in [-0.4, -0.2) is 68.4 Å². The Morgan fingerprint density at radius 1 is 0.925 bits per heavy atom. The molecule has 0 aliphatic heterocycles. The van der Waals surface area contributed by atoms with E-state index in [-0.39, 0.29) is 42.5 Å². The Hall–Kier alpha value is -2.69. The lowest BCUT2D eigenvalue weighted by Gasteiger charge is -2.30. The van der Waals surface area contributed by atoms with Gasteiger partial charge in [0.1, 0.15) is 5.75 Å². The molecular formula is C30H52N4O6. The molecule has 1 unspecified atom stereocenters. The average Bonchev–Trinajstić information content (AvgIpc) is 2.91. The molecule has 5 atom stereocenters. The number of amides is 3. The van der Waals surface area contributed by atoms with Gasteiger partial charge < -0.3 is 36.7 Å². The number of benzene rings is 1. The fourth-order valence-corrected chi connectivity index (χ4v) is 4.33. The molecule has 0 saturated carbocycles. The maximum absolute atomic E-state index is 13.0. The zero-order chi connectivity index (χ0) is 30.2. The first-order valence-electron chi connectivity index (χ1n) is 14.4. The van der Waals surface area contributed by atoms with Crippen LogP contribution in [0.5, 0.6) is 5.75 Å². The van der Waals surface area contributed by atoms with Gasteiger partial charge in [-0.3, -0.25) is 14.4 Å². The summed E-state index contributed by atoms with van der Waals surface area (Å²) in [6.45, 7) is 11.3. The molecule has 7 N–H and O–H groups in total. The lowest BCUT2D eigenvalue weighted by Crippen LogP contribution is -2.45. The van der Waals surface area contributed by atoms with Crippen molar-refractivity contribution in [1.82, 2.24) is 10.6 Å². The predicted octanol–water partition coefficient (Wildman–Crippen LogP) is 2.47. The first kappa shape index (κ1) is 35.3. The van der Waals surface area contributed by atoms with E-state index in [1.807, 2.05) is 19.9 Å². The molecular weight excluding hydrogens is 512 g/mol. The minimum Gasteiger partial charge on any atom is -0.493 e. The van der Waals surface area contributed by atoms with Crippen molar-refractivity contribution in [3.05, 3.63) is 29.8 Å². The molecule has 40 heavy (non-hydrogen) atoms. The second-order valence-electron chi connectivity index (χ2n) is 11.4. The minimum atomic E-state index is -0.907. The Balaban J connectivity index is 2.72. The molecule has 0 spiro atoms. The number of hydrogen-bond acceptors (Lipinski definition) is 7. The number of methoxy groups -OCH3 is 1. The number of aliphatic hydroxyl groups excluding tert-OH is 1. The van der Waals surface area contributed by atoms with Crippen molar-refractivity contribution in [2.24, 2.45) is 41.1 Å². The highest BCUT2D eigenvalue weighted by molar-refractivity contribution is 5.96. The molecule has 0 aliphatic carbocycles. The Labute approximate surface area is 239 Å². The summed E-state index contributed by atoms with van der Waals surface area (Å²) in [5.41, 5.74) is 12.2. The average molecular weight is 565 g/mol. The molecule has 0 fully saturated rings. The molecule has 0 aliphatic rings. The standard InChI is InChI=1S/C30H52N4O6/c1-19(2)22(18-34-29(37)23-11-7-8-12-27(23)40-14-10-9-13-39-6)15-25(31)26(35)16-24(20(3)4)30(38)33-17-21(5)28(32)36/h7-8,11-12,19-22,24-26,35H,9-10,13-18,31H2,1-6H3,(H2,32,36)(H,33,38)(H,34,37)/t21?,22-,24-,25+,26+/m1/s1. The number of ether oxygens (including phenoxy) is 2. The minimum absolute atomic E-state index is 0.0125. The normalized spacial score (nSPS) is 15.2. The fourth-order valence-electron chi connectivity index (χ4n) is 4.33. The Morgan fingerprint density at radius 3 is 2.17 bits per heavy atom. The monoisotopic (exact) mass is 564 g/mol. The number of nitrogens with two attached hydrogens (primary N) is 2. The van der Waals surface area contributed by atoms with E-state index in [0.717, 1.165) is 12.8 Å². The number of para-hydroxylation sites is 1. The second kappa shape index (κ2) is 18.6. The third-order valence-electron chi connectivity index (χ3n) is 7.37. The van der Waals surface area contributed by atoms with Crippen LogP contribution in [0, 0.1) is 29.6 Å². The topological polar surface area (TPSA) is 166 Å². The van der Waals surface area contributed by atoms with Crippen LogP contribution >= 0.6 is 0 Å². The summed E-state index contributed by atoms with van der Waals surface area (Å²) in [6.07, 6.45) is 1.47. The van der Waals surface area contributed by atoms with E-state index in [4.69, 9.17) is 20.9 Å². The largest absolute Gasteiger partial charge is 0.493 e. The molecule has 1 rings (SSSR count). The molecule has 1 aromatic carbocycles. The van der Waals surface area contributed by atoms with Gasteiger partial charge in [0, 0.05) is 38.8 Å². The fraction of sp³-hybridized carbons (Fsp3) is 0.700. The number of carbonyl (C=O) groups is 3. The Kier molecular flexibility index (Phi) is 16.4. The van der Waals surface area contributed by atoms with Gasteiger partial charge in [0.05, 0.1) is 24.2 Å². The van der Waals surface area contributed by atoms with E-state index in [0.29, 0.717) is 37.5 Å². The number of primary amides is 1. The zero-order valence-corrected chi connectivity index (χ0v) is 25.2.